The zero-order chi connectivity index (χ0) is 13.2. The van der Waals surface area contributed by atoms with Crippen LogP contribution in [0.5, 0.6) is 0 Å². The fourth-order valence-electron chi connectivity index (χ4n) is 3.69. The number of rotatable bonds is 2. The highest BCUT2D eigenvalue weighted by Crippen LogP contribution is 2.32. The van der Waals surface area contributed by atoms with Crippen LogP contribution in [0.3, 0.4) is 0 Å². The summed E-state index contributed by atoms with van der Waals surface area (Å²) in [4.78, 5) is 0. The zero-order valence-electron chi connectivity index (χ0n) is 12.1. The first-order valence-corrected chi connectivity index (χ1v) is 7.65. The largest absolute Gasteiger partial charge is 0.375 e. The summed E-state index contributed by atoms with van der Waals surface area (Å²) in [5.74, 6) is 1.67. The summed E-state index contributed by atoms with van der Waals surface area (Å²) in [6.07, 6.45) is 4.02. The SMILES string of the molecule is CC1CCC(NC2COCc3ccccc32)C(C)C1. The van der Waals surface area contributed by atoms with Crippen molar-refractivity contribution in [3.05, 3.63) is 35.4 Å². The Labute approximate surface area is 116 Å². The highest BCUT2D eigenvalue weighted by atomic mass is 16.5. The molecule has 19 heavy (non-hydrogen) atoms. The Morgan fingerprint density at radius 3 is 2.84 bits per heavy atom. The monoisotopic (exact) mass is 259 g/mol. The van der Waals surface area contributed by atoms with Gasteiger partial charge in [0.1, 0.15) is 0 Å². The van der Waals surface area contributed by atoms with Crippen LogP contribution < -0.4 is 5.32 Å². The minimum absolute atomic E-state index is 0.380. The molecule has 1 saturated carbocycles. The van der Waals surface area contributed by atoms with Crippen LogP contribution in [0.1, 0.15) is 50.3 Å². The summed E-state index contributed by atoms with van der Waals surface area (Å²) < 4.78 is 5.74. The molecule has 1 heterocycles. The second-order valence-corrected chi connectivity index (χ2v) is 6.44. The first kappa shape index (κ1) is 13.1. The van der Waals surface area contributed by atoms with Gasteiger partial charge in [0.25, 0.3) is 0 Å². The predicted molar refractivity (Wildman–Crippen MR) is 77.9 cm³/mol. The van der Waals surface area contributed by atoms with E-state index in [9.17, 15) is 0 Å². The summed E-state index contributed by atoms with van der Waals surface area (Å²) in [7, 11) is 0. The van der Waals surface area contributed by atoms with Gasteiger partial charge in [0.2, 0.25) is 0 Å². The number of hydrogen-bond donors (Lipinski definition) is 1. The van der Waals surface area contributed by atoms with E-state index in [2.05, 4.69) is 43.4 Å². The lowest BCUT2D eigenvalue weighted by molar-refractivity contribution is 0.0708. The molecule has 4 unspecified atom stereocenters. The number of nitrogens with one attached hydrogen (secondary N) is 1. The van der Waals surface area contributed by atoms with Gasteiger partial charge in [-0.3, -0.25) is 0 Å². The van der Waals surface area contributed by atoms with Gasteiger partial charge in [0.15, 0.2) is 0 Å². The highest BCUT2D eigenvalue weighted by Gasteiger charge is 2.29. The Balaban J connectivity index is 1.71. The molecule has 0 radical (unpaired) electrons. The minimum atomic E-state index is 0.380. The number of hydrogen-bond acceptors (Lipinski definition) is 2. The minimum Gasteiger partial charge on any atom is -0.375 e. The van der Waals surface area contributed by atoms with Crippen molar-refractivity contribution in [2.75, 3.05) is 6.61 Å². The molecule has 0 spiro atoms. The van der Waals surface area contributed by atoms with Crippen LogP contribution in [-0.2, 0) is 11.3 Å². The van der Waals surface area contributed by atoms with Crippen molar-refractivity contribution >= 4 is 0 Å². The van der Waals surface area contributed by atoms with E-state index in [-0.39, 0.29) is 0 Å². The highest BCUT2D eigenvalue weighted by molar-refractivity contribution is 5.31. The van der Waals surface area contributed by atoms with Crippen molar-refractivity contribution in [1.82, 2.24) is 5.32 Å². The molecule has 1 aliphatic carbocycles. The average Bonchev–Trinajstić information content (AvgIpc) is 2.42. The molecule has 1 fully saturated rings. The summed E-state index contributed by atoms with van der Waals surface area (Å²) in [6, 6.07) is 9.73. The van der Waals surface area contributed by atoms with E-state index < -0.39 is 0 Å². The van der Waals surface area contributed by atoms with Crippen LogP contribution in [0.15, 0.2) is 24.3 Å². The van der Waals surface area contributed by atoms with E-state index >= 15 is 0 Å². The van der Waals surface area contributed by atoms with Crippen LogP contribution in [0, 0.1) is 11.8 Å². The third kappa shape index (κ3) is 2.85. The van der Waals surface area contributed by atoms with Crippen LogP contribution in [-0.4, -0.2) is 12.6 Å². The fraction of sp³-hybridized carbons (Fsp3) is 0.647. The lowest BCUT2D eigenvalue weighted by Gasteiger charge is -2.37. The lowest BCUT2D eigenvalue weighted by atomic mass is 9.79. The molecule has 0 bridgehead atoms. The molecule has 0 saturated heterocycles. The summed E-state index contributed by atoms with van der Waals surface area (Å²) in [5.41, 5.74) is 2.79. The van der Waals surface area contributed by atoms with E-state index in [1.54, 1.807) is 0 Å². The van der Waals surface area contributed by atoms with Crippen molar-refractivity contribution in [2.24, 2.45) is 11.8 Å². The van der Waals surface area contributed by atoms with Gasteiger partial charge in [-0.1, -0.05) is 38.1 Å². The maximum atomic E-state index is 5.74. The molecule has 4 atom stereocenters. The van der Waals surface area contributed by atoms with E-state index in [0.29, 0.717) is 12.1 Å². The number of benzene rings is 1. The fourth-order valence-corrected chi connectivity index (χ4v) is 3.69. The van der Waals surface area contributed by atoms with Gasteiger partial charge in [-0.2, -0.15) is 0 Å². The van der Waals surface area contributed by atoms with E-state index in [1.807, 2.05) is 0 Å². The smallest absolute Gasteiger partial charge is 0.0721 e. The Morgan fingerprint density at radius 1 is 1.16 bits per heavy atom. The topological polar surface area (TPSA) is 21.3 Å². The van der Waals surface area contributed by atoms with Gasteiger partial charge in [0, 0.05) is 6.04 Å². The van der Waals surface area contributed by atoms with E-state index in [0.717, 1.165) is 25.0 Å². The van der Waals surface area contributed by atoms with E-state index in [4.69, 9.17) is 4.74 Å². The molecule has 0 amide bonds. The lowest BCUT2D eigenvalue weighted by Crippen LogP contribution is -2.43. The molecular formula is C17H25NO. The van der Waals surface area contributed by atoms with E-state index in [1.165, 1.54) is 30.4 Å². The Hall–Kier alpha value is -0.860. The Morgan fingerprint density at radius 2 is 2.00 bits per heavy atom. The Kier molecular flexibility index (Phi) is 3.90. The second-order valence-electron chi connectivity index (χ2n) is 6.44. The third-order valence-corrected chi connectivity index (χ3v) is 4.82. The van der Waals surface area contributed by atoms with Crippen molar-refractivity contribution in [3.8, 4) is 0 Å². The molecule has 3 rings (SSSR count). The van der Waals surface area contributed by atoms with Gasteiger partial charge in [-0.25, -0.2) is 0 Å². The summed E-state index contributed by atoms with van der Waals surface area (Å²) in [6.45, 7) is 6.36. The first-order chi connectivity index (χ1) is 9.24. The summed E-state index contributed by atoms with van der Waals surface area (Å²) in [5, 5.41) is 3.86. The number of ether oxygens (including phenoxy) is 1. The standard InChI is InChI=1S/C17H25NO/c1-12-7-8-16(13(2)9-12)18-17-11-19-10-14-5-3-4-6-15(14)17/h3-6,12-13,16-18H,7-11H2,1-2H3. The molecule has 2 nitrogen and oxygen atoms in total. The van der Waals surface area contributed by atoms with Crippen molar-refractivity contribution in [2.45, 2.75) is 51.8 Å². The maximum absolute atomic E-state index is 5.74. The van der Waals surface area contributed by atoms with Crippen molar-refractivity contribution in [3.63, 3.8) is 0 Å². The van der Waals surface area contributed by atoms with Crippen molar-refractivity contribution < 1.29 is 4.74 Å². The van der Waals surface area contributed by atoms with Crippen LogP contribution in [0.4, 0.5) is 0 Å². The van der Waals surface area contributed by atoms with Crippen LogP contribution in [0.2, 0.25) is 0 Å². The zero-order valence-corrected chi connectivity index (χ0v) is 12.1. The van der Waals surface area contributed by atoms with Gasteiger partial charge in [0.05, 0.1) is 19.3 Å². The predicted octanol–water partition coefficient (Wildman–Crippen LogP) is 3.67. The molecule has 104 valence electrons. The van der Waals surface area contributed by atoms with Crippen LogP contribution >= 0.6 is 0 Å². The van der Waals surface area contributed by atoms with Crippen LogP contribution in [0.25, 0.3) is 0 Å². The summed E-state index contributed by atoms with van der Waals surface area (Å²) >= 11 is 0. The number of fused-ring (bicyclic) bond motifs is 1. The average molecular weight is 259 g/mol. The molecule has 2 aliphatic rings. The molecule has 1 N–H and O–H groups in total. The van der Waals surface area contributed by atoms with Gasteiger partial charge < -0.3 is 10.1 Å². The molecule has 1 aromatic carbocycles. The first-order valence-electron chi connectivity index (χ1n) is 7.65. The Bertz CT molecular complexity index is 431. The molecule has 0 aromatic heterocycles. The van der Waals surface area contributed by atoms with Crippen molar-refractivity contribution in [1.29, 1.82) is 0 Å². The molecule has 2 heteroatoms. The normalized spacial score (nSPS) is 34.8. The third-order valence-electron chi connectivity index (χ3n) is 4.82. The van der Waals surface area contributed by atoms with Gasteiger partial charge in [-0.15, -0.1) is 0 Å². The maximum Gasteiger partial charge on any atom is 0.0721 e. The quantitative estimate of drug-likeness (QED) is 0.875. The molecule has 1 aromatic rings. The van der Waals surface area contributed by atoms with Gasteiger partial charge in [-0.05, 0) is 42.2 Å². The molecule has 1 aliphatic heterocycles. The van der Waals surface area contributed by atoms with Gasteiger partial charge >= 0.3 is 0 Å². The second kappa shape index (κ2) is 5.64. The molecular weight excluding hydrogens is 234 g/mol.